The van der Waals surface area contributed by atoms with Crippen LogP contribution in [0.1, 0.15) is 40.5 Å². The lowest BCUT2D eigenvalue weighted by Crippen LogP contribution is -2.47. The normalized spacial score (nSPS) is 26.2. The van der Waals surface area contributed by atoms with Gasteiger partial charge in [0.25, 0.3) is 0 Å². The predicted molar refractivity (Wildman–Crippen MR) is 50.2 cm³/mol. The maximum Gasteiger partial charge on any atom is 0.146 e. The highest BCUT2D eigenvalue weighted by Crippen LogP contribution is 2.26. The van der Waals surface area contributed by atoms with E-state index in [0.29, 0.717) is 5.78 Å². The summed E-state index contributed by atoms with van der Waals surface area (Å²) in [6, 6.07) is 0.185. The van der Waals surface area contributed by atoms with Gasteiger partial charge in [0.1, 0.15) is 5.78 Å². The first-order valence-electron chi connectivity index (χ1n) is 4.70. The molecule has 2 heteroatoms. The fraction of sp³-hybridized carbons (Fsp3) is 0.900. The summed E-state index contributed by atoms with van der Waals surface area (Å²) in [4.78, 5) is 13.6. The summed E-state index contributed by atoms with van der Waals surface area (Å²) in [5.74, 6) is 0.322. The molecule has 0 amide bonds. The first-order chi connectivity index (χ1) is 5.43. The van der Waals surface area contributed by atoms with Gasteiger partial charge in [-0.05, 0) is 47.1 Å². The Morgan fingerprint density at radius 2 is 2.00 bits per heavy atom. The summed E-state index contributed by atoms with van der Waals surface area (Å²) in [5.41, 5.74) is 0.146. The van der Waals surface area contributed by atoms with E-state index in [1.807, 2.05) is 0 Å². The van der Waals surface area contributed by atoms with Crippen molar-refractivity contribution in [3.8, 4) is 0 Å². The molecule has 0 saturated carbocycles. The largest absolute Gasteiger partial charge is 0.298 e. The third-order valence-corrected chi connectivity index (χ3v) is 2.58. The van der Waals surface area contributed by atoms with Crippen LogP contribution in [-0.2, 0) is 4.79 Å². The molecule has 1 atom stereocenters. The lowest BCUT2D eigenvalue weighted by molar-refractivity contribution is -0.122. The highest BCUT2D eigenvalue weighted by molar-refractivity contribution is 5.81. The van der Waals surface area contributed by atoms with Crippen molar-refractivity contribution < 1.29 is 4.79 Å². The summed E-state index contributed by atoms with van der Waals surface area (Å²) in [6.07, 6.45) is 2.22. The number of hydrogen-bond acceptors (Lipinski definition) is 2. The lowest BCUT2D eigenvalue weighted by Gasteiger charge is -2.35. The van der Waals surface area contributed by atoms with E-state index in [4.69, 9.17) is 0 Å². The van der Waals surface area contributed by atoms with E-state index in [1.165, 1.54) is 6.42 Å². The van der Waals surface area contributed by atoms with Crippen molar-refractivity contribution in [2.75, 3.05) is 6.54 Å². The molecule has 2 nitrogen and oxygen atoms in total. The molecular weight excluding hydrogens is 150 g/mol. The number of hydrogen-bond donors (Lipinski definition) is 0. The summed E-state index contributed by atoms with van der Waals surface area (Å²) < 4.78 is 0. The molecule has 0 aromatic heterocycles. The second-order valence-electron chi connectivity index (χ2n) is 4.63. The maximum absolute atomic E-state index is 11.3. The number of ketones is 1. The molecule has 1 fully saturated rings. The third kappa shape index (κ3) is 1.86. The Morgan fingerprint density at radius 1 is 1.42 bits per heavy atom. The summed E-state index contributed by atoms with van der Waals surface area (Å²) >= 11 is 0. The zero-order valence-corrected chi connectivity index (χ0v) is 8.55. The summed E-state index contributed by atoms with van der Waals surface area (Å²) in [7, 11) is 0. The molecule has 1 heterocycles. The van der Waals surface area contributed by atoms with Gasteiger partial charge in [-0.25, -0.2) is 0 Å². The van der Waals surface area contributed by atoms with E-state index in [-0.39, 0.29) is 11.6 Å². The minimum absolute atomic E-state index is 0.146. The van der Waals surface area contributed by atoms with Gasteiger partial charge in [0.2, 0.25) is 0 Å². The zero-order valence-electron chi connectivity index (χ0n) is 8.55. The summed E-state index contributed by atoms with van der Waals surface area (Å²) in [5, 5.41) is 0. The minimum Gasteiger partial charge on any atom is -0.298 e. The fourth-order valence-corrected chi connectivity index (χ4v) is 1.99. The average Bonchev–Trinajstić information content (AvgIpc) is 2.30. The van der Waals surface area contributed by atoms with Crippen LogP contribution in [0.5, 0.6) is 0 Å². The van der Waals surface area contributed by atoms with Crippen LogP contribution in [-0.4, -0.2) is 28.8 Å². The van der Waals surface area contributed by atoms with Gasteiger partial charge in [-0.3, -0.25) is 9.69 Å². The SMILES string of the molecule is CC(=O)[C@@H]1CCCN1C(C)(C)C. The molecule has 1 aliphatic rings. The van der Waals surface area contributed by atoms with Gasteiger partial charge in [-0.2, -0.15) is 0 Å². The van der Waals surface area contributed by atoms with Crippen LogP contribution in [0.3, 0.4) is 0 Å². The average molecular weight is 169 g/mol. The summed E-state index contributed by atoms with van der Waals surface area (Å²) in [6.45, 7) is 9.30. The molecule has 0 N–H and O–H groups in total. The van der Waals surface area contributed by atoms with Crippen molar-refractivity contribution in [2.24, 2.45) is 0 Å². The molecule has 0 bridgehead atoms. The molecule has 0 radical (unpaired) electrons. The molecule has 12 heavy (non-hydrogen) atoms. The Balaban J connectivity index is 2.71. The standard InChI is InChI=1S/C10H19NO/c1-8(12)9-6-5-7-11(9)10(2,3)4/h9H,5-7H2,1-4H3/t9-/m0/s1. The molecular formula is C10H19NO. The van der Waals surface area contributed by atoms with Gasteiger partial charge in [0, 0.05) is 5.54 Å². The molecule has 0 aromatic carbocycles. The minimum atomic E-state index is 0.146. The van der Waals surface area contributed by atoms with Crippen LogP contribution < -0.4 is 0 Å². The topological polar surface area (TPSA) is 20.3 Å². The van der Waals surface area contributed by atoms with Gasteiger partial charge in [0.15, 0.2) is 0 Å². The van der Waals surface area contributed by atoms with Gasteiger partial charge in [0.05, 0.1) is 6.04 Å². The first kappa shape index (κ1) is 9.72. The van der Waals surface area contributed by atoms with Crippen LogP contribution in [0.2, 0.25) is 0 Å². The van der Waals surface area contributed by atoms with Crippen molar-refractivity contribution in [3.63, 3.8) is 0 Å². The first-order valence-corrected chi connectivity index (χ1v) is 4.70. The predicted octanol–water partition coefficient (Wildman–Crippen LogP) is 1.84. The van der Waals surface area contributed by atoms with Crippen LogP contribution in [0, 0.1) is 0 Å². The highest BCUT2D eigenvalue weighted by Gasteiger charge is 2.34. The van der Waals surface area contributed by atoms with Crippen LogP contribution >= 0.6 is 0 Å². The van der Waals surface area contributed by atoms with Crippen LogP contribution in [0.15, 0.2) is 0 Å². The van der Waals surface area contributed by atoms with Gasteiger partial charge in [-0.15, -0.1) is 0 Å². The Kier molecular flexibility index (Phi) is 2.57. The number of carbonyl (C=O) groups excluding carboxylic acids is 1. The monoisotopic (exact) mass is 169 g/mol. The van der Waals surface area contributed by atoms with E-state index in [9.17, 15) is 4.79 Å². The highest BCUT2D eigenvalue weighted by atomic mass is 16.1. The quantitative estimate of drug-likeness (QED) is 0.597. The second-order valence-corrected chi connectivity index (χ2v) is 4.63. The number of rotatable bonds is 1. The molecule has 0 spiro atoms. The Morgan fingerprint density at radius 3 is 2.33 bits per heavy atom. The number of carbonyl (C=O) groups is 1. The molecule has 0 aromatic rings. The molecule has 1 rings (SSSR count). The number of nitrogens with zero attached hydrogens (tertiary/aromatic N) is 1. The molecule has 0 unspecified atom stereocenters. The smallest absolute Gasteiger partial charge is 0.146 e. The van der Waals surface area contributed by atoms with E-state index in [1.54, 1.807) is 6.92 Å². The zero-order chi connectivity index (χ0) is 9.35. The van der Waals surface area contributed by atoms with Crippen molar-refractivity contribution in [1.29, 1.82) is 0 Å². The maximum atomic E-state index is 11.3. The van der Waals surface area contributed by atoms with Crippen molar-refractivity contribution in [1.82, 2.24) is 4.90 Å². The van der Waals surface area contributed by atoms with Crippen molar-refractivity contribution in [2.45, 2.75) is 52.1 Å². The lowest BCUT2D eigenvalue weighted by atomic mass is 10.0. The van der Waals surface area contributed by atoms with Crippen molar-refractivity contribution >= 4 is 5.78 Å². The molecule has 0 aliphatic carbocycles. The van der Waals surface area contributed by atoms with E-state index < -0.39 is 0 Å². The Labute approximate surface area is 74.9 Å². The van der Waals surface area contributed by atoms with Gasteiger partial charge >= 0.3 is 0 Å². The van der Waals surface area contributed by atoms with E-state index in [0.717, 1.165) is 13.0 Å². The number of likely N-dealkylation sites (tertiary alicyclic amines) is 1. The van der Waals surface area contributed by atoms with Gasteiger partial charge < -0.3 is 0 Å². The molecule has 1 aliphatic heterocycles. The van der Waals surface area contributed by atoms with E-state index in [2.05, 4.69) is 25.7 Å². The molecule has 70 valence electrons. The molecule has 1 saturated heterocycles. The number of Topliss-reactive ketones (excluding diaryl/α,β-unsaturated/α-hetero) is 1. The van der Waals surface area contributed by atoms with Crippen LogP contribution in [0.25, 0.3) is 0 Å². The Hall–Kier alpha value is -0.370. The Bertz CT molecular complexity index is 181. The fourth-order valence-electron chi connectivity index (χ4n) is 1.99. The van der Waals surface area contributed by atoms with Gasteiger partial charge in [-0.1, -0.05) is 0 Å². The van der Waals surface area contributed by atoms with Crippen molar-refractivity contribution in [3.05, 3.63) is 0 Å². The van der Waals surface area contributed by atoms with E-state index >= 15 is 0 Å². The third-order valence-electron chi connectivity index (χ3n) is 2.58. The van der Waals surface area contributed by atoms with Crippen LogP contribution in [0.4, 0.5) is 0 Å². The second kappa shape index (κ2) is 3.17.